The topological polar surface area (TPSA) is 140 Å². The molecule has 8 heteroatoms. The summed E-state index contributed by atoms with van der Waals surface area (Å²) in [6, 6.07) is 4.63. The number of primary amides is 1. The van der Waals surface area contributed by atoms with Gasteiger partial charge in [-0.05, 0) is 50.6 Å². The molecule has 1 rings (SSSR count). The van der Waals surface area contributed by atoms with Crippen LogP contribution < -0.4 is 11.5 Å². The normalized spacial score (nSPS) is 13.7. The van der Waals surface area contributed by atoms with E-state index in [4.69, 9.17) is 11.5 Å². The molecule has 0 aromatic heterocycles. The minimum Gasteiger partial charge on any atom is -0.402 e. The highest BCUT2D eigenvalue weighted by atomic mass is 16.2. The lowest BCUT2D eigenvalue weighted by atomic mass is 10.2. The summed E-state index contributed by atoms with van der Waals surface area (Å²) in [6.45, 7) is 4.73. The number of amides is 2. The first-order valence-corrected chi connectivity index (χ1v) is 7.61. The number of benzene rings is 1. The van der Waals surface area contributed by atoms with Crippen LogP contribution in [0.5, 0.6) is 0 Å². The van der Waals surface area contributed by atoms with E-state index >= 15 is 0 Å². The maximum atomic E-state index is 12.2. The number of allylic oxidation sites excluding steroid dienone is 2. The zero-order valence-corrected chi connectivity index (χ0v) is 14.4. The van der Waals surface area contributed by atoms with Crippen LogP contribution in [0.4, 0.5) is 5.69 Å². The first kappa shape index (κ1) is 19.9. The number of carbonyl (C=O) groups is 3. The van der Waals surface area contributed by atoms with E-state index < -0.39 is 23.6 Å². The van der Waals surface area contributed by atoms with Crippen molar-refractivity contribution >= 4 is 29.0 Å². The monoisotopic (exact) mass is 343 g/mol. The number of nitrogens with two attached hydrogens (primary N) is 2. The van der Waals surface area contributed by atoms with Gasteiger partial charge in [-0.3, -0.25) is 14.4 Å². The van der Waals surface area contributed by atoms with Crippen LogP contribution in [0.1, 0.15) is 37.6 Å². The molecule has 1 aromatic carbocycles. The van der Waals surface area contributed by atoms with Crippen molar-refractivity contribution in [3.8, 4) is 0 Å². The van der Waals surface area contributed by atoms with Gasteiger partial charge in [0.2, 0.25) is 11.9 Å². The van der Waals surface area contributed by atoms with Gasteiger partial charge in [0.25, 0.3) is 5.91 Å². The predicted octanol–water partition coefficient (Wildman–Crippen LogP) is 2.07. The van der Waals surface area contributed by atoms with Crippen molar-refractivity contribution in [1.82, 2.24) is 0 Å². The van der Waals surface area contributed by atoms with Crippen molar-refractivity contribution in [2.45, 2.75) is 33.2 Å². The number of Topliss-reactive ketones (excluding diaryl/α,β-unsaturated/α-hetero) is 1. The van der Waals surface area contributed by atoms with E-state index in [-0.39, 0.29) is 0 Å². The summed E-state index contributed by atoms with van der Waals surface area (Å²) in [7, 11) is 0. The third kappa shape index (κ3) is 6.46. The Bertz CT molecular complexity index is 744. The van der Waals surface area contributed by atoms with Crippen molar-refractivity contribution in [3.63, 3.8) is 0 Å². The van der Waals surface area contributed by atoms with Crippen molar-refractivity contribution in [2.24, 2.45) is 26.7 Å². The standard InChI is InChI=1S/C17H21N5O3/c1-4-13(9-10(2)18)20-17(25)15(11(3)23)22-21-14-7-5-12(6-8-14)16(19)24/h5-9,15H,4,18H2,1-3H3,(H2,19,24). The molecule has 0 saturated carbocycles. The molecule has 0 saturated heterocycles. The van der Waals surface area contributed by atoms with Crippen molar-refractivity contribution < 1.29 is 14.4 Å². The molecule has 8 nitrogen and oxygen atoms in total. The van der Waals surface area contributed by atoms with Gasteiger partial charge < -0.3 is 11.5 Å². The Balaban J connectivity index is 3.01. The molecule has 0 heterocycles. The SMILES string of the molecule is CCC(C=C(C)N)=NC(=O)C(N=Nc1ccc(C(N)=O)cc1)C(C)=O. The maximum Gasteiger partial charge on any atom is 0.280 e. The Morgan fingerprint density at radius 3 is 2.16 bits per heavy atom. The second-order valence-corrected chi connectivity index (χ2v) is 5.32. The molecule has 0 fully saturated rings. The number of ketones is 1. The van der Waals surface area contributed by atoms with Crippen LogP contribution in [-0.2, 0) is 9.59 Å². The molecule has 0 aliphatic heterocycles. The van der Waals surface area contributed by atoms with Crippen molar-refractivity contribution in [1.29, 1.82) is 0 Å². The largest absolute Gasteiger partial charge is 0.402 e. The van der Waals surface area contributed by atoms with E-state index in [9.17, 15) is 14.4 Å². The van der Waals surface area contributed by atoms with Gasteiger partial charge in [0.1, 0.15) is 0 Å². The maximum absolute atomic E-state index is 12.2. The molecule has 0 spiro atoms. The molecule has 0 aliphatic carbocycles. The van der Waals surface area contributed by atoms with E-state index in [1.807, 2.05) is 6.92 Å². The summed E-state index contributed by atoms with van der Waals surface area (Å²) in [6.07, 6.45) is 2.05. The van der Waals surface area contributed by atoms with Crippen LogP contribution >= 0.6 is 0 Å². The Labute approximate surface area is 145 Å². The van der Waals surface area contributed by atoms with Crippen LogP contribution in [0.3, 0.4) is 0 Å². The second-order valence-electron chi connectivity index (χ2n) is 5.32. The third-order valence-electron chi connectivity index (χ3n) is 3.07. The summed E-state index contributed by atoms with van der Waals surface area (Å²) in [5.41, 5.74) is 12.4. The highest BCUT2D eigenvalue weighted by Crippen LogP contribution is 2.15. The first-order valence-electron chi connectivity index (χ1n) is 7.61. The quantitative estimate of drug-likeness (QED) is 0.444. The van der Waals surface area contributed by atoms with Crippen LogP contribution in [-0.4, -0.2) is 29.4 Å². The molecule has 0 aliphatic rings. The summed E-state index contributed by atoms with van der Waals surface area (Å²) in [5.74, 6) is -1.75. The highest BCUT2D eigenvalue weighted by Gasteiger charge is 2.22. The van der Waals surface area contributed by atoms with E-state index in [1.165, 1.54) is 31.2 Å². The van der Waals surface area contributed by atoms with Crippen molar-refractivity contribution in [3.05, 3.63) is 41.6 Å². The fourth-order valence-electron chi connectivity index (χ4n) is 1.80. The molecule has 1 atom stereocenters. The van der Waals surface area contributed by atoms with Crippen LogP contribution in [0.2, 0.25) is 0 Å². The highest BCUT2D eigenvalue weighted by molar-refractivity contribution is 6.11. The Morgan fingerprint density at radius 2 is 1.72 bits per heavy atom. The number of azo groups is 1. The van der Waals surface area contributed by atoms with E-state index in [0.29, 0.717) is 29.1 Å². The average molecular weight is 343 g/mol. The summed E-state index contributed by atoms with van der Waals surface area (Å²) in [5, 5.41) is 7.65. The molecule has 1 aromatic rings. The third-order valence-corrected chi connectivity index (χ3v) is 3.07. The van der Waals surface area contributed by atoms with E-state index in [0.717, 1.165) is 0 Å². The lowest BCUT2D eigenvalue weighted by Gasteiger charge is -2.04. The van der Waals surface area contributed by atoms with E-state index in [1.54, 1.807) is 13.0 Å². The zero-order valence-electron chi connectivity index (χ0n) is 14.4. The van der Waals surface area contributed by atoms with Crippen LogP contribution in [0.15, 0.2) is 51.3 Å². The summed E-state index contributed by atoms with van der Waals surface area (Å²) >= 11 is 0. The number of nitrogens with zero attached hydrogens (tertiary/aromatic N) is 3. The fraction of sp³-hybridized carbons (Fsp3) is 0.294. The average Bonchev–Trinajstić information content (AvgIpc) is 2.54. The van der Waals surface area contributed by atoms with Gasteiger partial charge in [0.15, 0.2) is 5.78 Å². The molecule has 1 unspecified atom stereocenters. The molecule has 0 radical (unpaired) electrons. The molecule has 4 N–H and O–H groups in total. The molecule has 25 heavy (non-hydrogen) atoms. The van der Waals surface area contributed by atoms with E-state index in [2.05, 4.69) is 15.2 Å². The number of carbonyl (C=O) groups excluding carboxylic acids is 3. The van der Waals surface area contributed by atoms with Gasteiger partial charge in [0.05, 0.1) is 5.69 Å². The Hall–Kier alpha value is -3.16. The van der Waals surface area contributed by atoms with Crippen LogP contribution in [0.25, 0.3) is 0 Å². The van der Waals surface area contributed by atoms with Gasteiger partial charge in [-0.15, -0.1) is 0 Å². The molecule has 0 bridgehead atoms. The van der Waals surface area contributed by atoms with Gasteiger partial charge in [0, 0.05) is 17.0 Å². The smallest absolute Gasteiger partial charge is 0.280 e. The number of aliphatic imine (C=N–C) groups is 1. The molecule has 132 valence electrons. The second kappa shape index (κ2) is 9.21. The molecular formula is C17H21N5O3. The lowest BCUT2D eigenvalue weighted by molar-refractivity contribution is -0.127. The minimum absolute atomic E-state index is 0.319. The molecule has 2 amide bonds. The summed E-state index contributed by atoms with van der Waals surface area (Å²) in [4.78, 5) is 38.8. The molecular weight excluding hydrogens is 322 g/mol. The number of hydrogen-bond acceptors (Lipinski definition) is 6. The predicted molar refractivity (Wildman–Crippen MR) is 94.6 cm³/mol. The van der Waals surface area contributed by atoms with Gasteiger partial charge >= 0.3 is 0 Å². The Morgan fingerprint density at radius 1 is 1.12 bits per heavy atom. The summed E-state index contributed by atoms with van der Waals surface area (Å²) < 4.78 is 0. The van der Waals surface area contributed by atoms with Gasteiger partial charge in [-0.2, -0.15) is 10.2 Å². The Kier molecular flexibility index (Phi) is 7.33. The number of rotatable bonds is 7. The zero-order chi connectivity index (χ0) is 19.0. The van der Waals surface area contributed by atoms with Crippen molar-refractivity contribution in [2.75, 3.05) is 0 Å². The minimum atomic E-state index is -1.33. The van der Waals surface area contributed by atoms with Crippen LogP contribution in [0, 0.1) is 0 Å². The number of hydrogen-bond donors (Lipinski definition) is 2. The van der Waals surface area contributed by atoms with Gasteiger partial charge in [-0.25, -0.2) is 4.99 Å². The fourth-order valence-corrected chi connectivity index (χ4v) is 1.80. The first-order chi connectivity index (χ1) is 11.7. The lowest BCUT2D eigenvalue weighted by Crippen LogP contribution is -2.25. The van der Waals surface area contributed by atoms with Gasteiger partial charge in [-0.1, -0.05) is 6.92 Å².